The fourth-order valence-electron chi connectivity index (χ4n) is 4.09. The van der Waals surface area contributed by atoms with E-state index in [1.165, 1.54) is 11.1 Å². The van der Waals surface area contributed by atoms with Gasteiger partial charge in [-0.1, -0.05) is 52.0 Å². The average Bonchev–Trinajstić information content (AvgIpc) is 2.73. The van der Waals surface area contributed by atoms with Crippen LogP contribution in [0.5, 0.6) is 0 Å². The summed E-state index contributed by atoms with van der Waals surface area (Å²) >= 11 is 0. The van der Waals surface area contributed by atoms with Crippen molar-refractivity contribution in [1.29, 1.82) is 0 Å². The quantitative estimate of drug-likeness (QED) is 0.756. The van der Waals surface area contributed by atoms with Crippen molar-refractivity contribution in [1.82, 2.24) is 15.3 Å². The van der Waals surface area contributed by atoms with E-state index in [0.29, 0.717) is 18.4 Å². The maximum atomic E-state index is 13.1. The van der Waals surface area contributed by atoms with E-state index in [1.807, 2.05) is 0 Å². The molecule has 2 heterocycles. The van der Waals surface area contributed by atoms with Crippen molar-refractivity contribution < 1.29 is 4.79 Å². The van der Waals surface area contributed by atoms with Gasteiger partial charge in [-0.2, -0.15) is 0 Å². The summed E-state index contributed by atoms with van der Waals surface area (Å²) in [6.07, 6.45) is 8.15. The second kappa shape index (κ2) is 9.86. The van der Waals surface area contributed by atoms with Gasteiger partial charge in [0.15, 0.2) is 0 Å². The highest BCUT2D eigenvalue weighted by atomic mass is 16.2. The number of nitrogens with one attached hydrogen (secondary N) is 1. The van der Waals surface area contributed by atoms with E-state index in [2.05, 4.69) is 72.1 Å². The number of amides is 1. The summed E-state index contributed by atoms with van der Waals surface area (Å²) < 4.78 is 0. The van der Waals surface area contributed by atoms with Gasteiger partial charge in [0.25, 0.3) is 0 Å². The SMILES string of the molecule is CC(C)Cc1ccc(C(NC(=O)C2CCCN(c3cnccn3)C2)C(C)C)cc1. The third-order valence-electron chi connectivity index (χ3n) is 5.61. The zero-order valence-electron chi connectivity index (χ0n) is 18.1. The lowest BCUT2D eigenvalue weighted by molar-refractivity contribution is -0.126. The Hall–Kier alpha value is -2.43. The molecule has 2 aromatic rings. The summed E-state index contributed by atoms with van der Waals surface area (Å²) in [6, 6.07) is 8.79. The molecule has 1 amide bonds. The number of nitrogens with zero attached hydrogens (tertiary/aromatic N) is 3. The van der Waals surface area contributed by atoms with Gasteiger partial charge < -0.3 is 10.2 Å². The maximum absolute atomic E-state index is 13.1. The molecule has 2 atom stereocenters. The van der Waals surface area contributed by atoms with Crippen molar-refractivity contribution in [3.63, 3.8) is 0 Å². The van der Waals surface area contributed by atoms with Crippen LogP contribution in [0.2, 0.25) is 0 Å². The van der Waals surface area contributed by atoms with Crippen LogP contribution in [0.3, 0.4) is 0 Å². The van der Waals surface area contributed by atoms with E-state index in [4.69, 9.17) is 0 Å². The van der Waals surface area contributed by atoms with Crippen molar-refractivity contribution in [3.05, 3.63) is 54.0 Å². The molecule has 1 fully saturated rings. The van der Waals surface area contributed by atoms with Crippen LogP contribution in [-0.4, -0.2) is 29.0 Å². The van der Waals surface area contributed by atoms with Crippen molar-refractivity contribution in [2.24, 2.45) is 17.8 Å². The molecule has 5 heteroatoms. The first kappa shape index (κ1) is 21.3. The van der Waals surface area contributed by atoms with Gasteiger partial charge in [0, 0.05) is 25.5 Å². The number of anilines is 1. The van der Waals surface area contributed by atoms with Crippen LogP contribution >= 0.6 is 0 Å². The van der Waals surface area contributed by atoms with Crippen LogP contribution in [0.15, 0.2) is 42.9 Å². The monoisotopic (exact) mass is 394 g/mol. The van der Waals surface area contributed by atoms with Crippen LogP contribution in [0, 0.1) is 17.8 Å². The Morgan fingerprint density at radius 1 is 1.17 bits per heavy atom. The fraction of sp³-hybridized carbons (Fsp3) is 0.542. The summed E-state index contributed by atoms with van der Waals surface area (Å²) in [7, 11) is 0. The molecule has 0 saturated carbocycles. The second-order valence-corrected chi connectivity index (χ2v) is 8.92. The molecule has 0 spiro atoms. The van der Waals surface area contributed by atoms with Gasteiger partial charge in [0.05, 0.1) is 18.2 Å². The number of carbonyl (C=O) groups excluding carboxylic acids is 1. The second-order valence-electron chi connectivity index (χ2n) is 8.92. The lowest BCUT2D eigenvalue weighted by Crippen LogP contribution is -2.45. The number of benzene rings is 1. The molecule has 156 valence electrons. The van der Waals surface area contributed by atoms with Crippen LogP contribution < -0.4 is 10.2 Å². The van der Waals surface area contributed by atoms with E-state index < -0.39 is 0 Å². The van der Waals surface area contributed by atoms with Crippen LogP contribution in [0.4, 0.5) is 5.82 Å². The minimum absolute atomic E-state index is 0.0211. The third kappa shape index (κ3) is 5.78. The van der Waals surface area contributed by atoms with E-state index >= 15 is 0 Å². The zero-order chi connectivity index (χ0) is 20.8. The van der Waals surface area contributed by atoms with Gasteiger partial charge in [-0.15, -0.1) is 0 Å². The van der Waals surface area contributed by atoms with E-state index in [-0.39, 0.29) is 17.9 Å². The van der Waals surface area contributed by atoms with Crippen molar-refractivity contribution in [3.8, 4) is 0 Å². The number of hydrogen-bond donors (Lipinski definition) is 1. The van der Waals surface area contributed by atoms with E-state index in [1.54, 1.807) is 18.6 Å². The number of rotatable bonds is 7. The van der Waals surface area contributed by atoms with E-state index in [9.17, 15) is 4.79 Å². The molecular formula is C24H34N4O. The lowest BCUT2D eigenvalue weighted by Gasteiger charge is -2.34. The van der Waals surface area contributed by atoms with Crippen LogP contribution in [0.1, 0.15) is 57.7 Å². The van der Waals surface area contributed by atoms with E-state index in [0.717, 1.165) is 31.6 Å². The largest absolute Gasteiger partial charge is 0.355 e. The molecule has 1 aromatic carbocycles. The summed E-state index contributed by atoms with van der Waals surface area (Å²) in [4.78, 5) is 23.8. The molecule has 1 aromatic heterocycles. The van der Waals surface area contributed by atoms with Crippen molar-refractivity contribution >= 4 is 11.7 Å². The summed E-state index contributed by atoms with van der Waals surface area (Å²) in [5, 5.41) is 3.33. The highest BCUT2D eigenvalue weighted by Gasteiger charge is 2.29. The first-order valence-corrected chi connectivity index (χ1v) is 10.8. The van der Waals surface area contributed by atoms with Crippen LogP contribution in [0.25, 0.3) is 0 Å². The first-order chi connectivity index (χ1) is 13.9. The van der Waals surface area contributed by atoms with Gasteiger partial charge in [0.2, 0.25) is 5.91 Å². The normalized spacial score (nSPS) is 18.1. The molecule has 1 aliphatic heterocycles. The molecule has 0 radical (unpaired) electrons. The molecule has 1 saturated heterocycles. The van der Waals surface area contributed by atoms with Gasteiger partial charge in [-0.05, 0) is 42.2 Å². The molecule has 5 nitrogen and oxygen atoms in total. The Kier molecular flexibility index (Phi) is 7.24. The Morgan fingerprint density at radius 3 is 2.55 bits per heavy atom. The fourth-order valence-corrected chi connectivity index (χ4v) is 4.09. The minimum Gasteiger partial charge on any atom is -0.355 e. The molecular weight excluding hydrogens is 360 g/mol. The summed E-state index contributed by atoms with van der Waals surface area (Å²) in [5.74, 6) is 1.95. The van der Waals surface area contributed by atoms with Gasteiger partial charge in [-0.3, -0.25) is 9.78 Å². The van der Waals surface area contributed by atoms with Crippen LogP contribution in [-0.2, 0) is 11.2 Å². The van der Waals surface area contributed by atoms with Crippen molar-refractivity contribution in [2.75, 3.05) is 18.0 Å². The molecule has 1 aliphatic rings. The number of aromatic nitrogens is 2. The molecule has 29 heavy (non-hydrogen) atoms. The third-order valence-corrected chi connectivity index (χ3v) is 5.61. The zero-order valence-corrected chi connectivity index (χ0v) is 18.1. The topological polar surface area (TPSA) is 58.1 Å². The average molecular weight is 395 g/mol. The molecule has 0 bridgehead atoms. The minimum atomic E-state index is -0.0211. The Bertz CT molecular complexity index is 773. The number of hydrogen-bond acceptors (Lipinski definition) is 4. The Morgan fingerprint density at radius 2 is 1.93 bits per heavy atom. The van der Waals surface area contributed by atoms with Gasteiger partial charge in [0.1, 0.15) is 5.82 Å². The molecule has 3 rings (SSSR count). The molecule has 2 unspecified atom stereocenters. The maximum Gasteiger partial charge on any atom is 0.225 e. The highest BCUT2D eigenvalue weighted by molar-refractivity contribution is 5.80. The summed E-state index contributed by atoms with van der Waals surface area (Å²) in [5.41, 5.74) is 2.53. The van der Waals surface area contributed by atoms with Gasteiger partial charge >= 0.3 is 0 Å². The number of piperidine rings is 1. The number of carbonyl (C=O) groups is 1. The lowest BCUT2D eigenvalue weighted by atomic mass is 9.91. The molecule has 0 aliphatic carbocycles. The van der Waals surface area contributed by atoms with Gasteiger partial charge in [-0.25, -0.2) is 4.98 Å². The Balaban J connectivity index is 1.66. The summed E-state index contributed by atoms with van der Waals surface area (Å²) in [6.45, 7) is 10.4. The van der Waals surface area contributed by atoms with Crippen molar-refractivity contribution in [2.45, 2.75) is 53.0 Å². The predicted molar refractivity (Wildman–Crippen MR) is 118 cm³/mol. The smallest absolute Gasteiger partial charge is 0.225 e. The first-order valence-electron chi connectivity index (χ1n) is 10.8. The predicted octanol–water partition coefficient (Wildman–Crippen LogP) is 4.41. The standard InChI is InChI=1S/C24H34N4O/c1-17(2)14-19-7-9-20(10-8-19)23(18(3)4)27-24(29)21-6-5-13-28(16-21)22-15-25-11-12-26-22/h7-12,15,17-18,21,23H,5-6,13-14,16H2,1-4H3,(H,27,29). The Labute approximate surface area is 175 Å². The highest BCUT2D eigenvalue weighted by Crippen LogP contribution is 2.26. The molecule has 1 N–H and O–H groups in total.